The van der Waals surface area contributed by atoms with Gasteiger partial charge in [-0.2, -0.15) is 0 Å². The molecule has 0 bridgehead atoms. The van der Waals surface area contributed by atoms with E-state index in [1.165, 1.54) is 10.9 Å². The molecular formula is C18H21ClN2. The van der Waals surface area contributed by atoms with Gasteiger partial charge >= 0.3 is 0 Å². The fourth-order valence-corrected chi connectivity index (χ4v) is 3.43. The number of aliphatic imine (C=N–C) groups is 1. The fourth-order valence-electron chi connectivity index (χ4n) is 3.18. The van der Waals surface area contributed by atoms with Crippen LogP contribution in [0.25, 0.3) is 10.8 Å². The topological polar surface area (TPSA) is 25.2 Å². The van der Waals surface area contributed by atoms with Gasteiger partial charge in [-0.1, -0.05) is 56.6 Å². The maximum Gasteiger partial charge on any atom is 0.137 e. The molecule has 0 amide bonds. The molecule has 0 saturated carbocycles. The minimum Gasteiger partial charge on any atom is -0.291 e. The summed E-state index contributed by atoms with van der Waals surface area (Å²) in [6.07, 6.45) is 2.03. The highest BCUT2D eigenvalue weighted by molar-refractivity contribution is 6.34. The molecule has 1 aliphatic rings. The zero-order valence-corrected chi connectivity index (χ0v) is 13.8. The van der Waals surface area contributed by atoms with Crippen LogP contribution in [0.2, 0.25) is 5.15 Å². The first-order valence-corrected chi connectivity index (χ1v) is 7.82. The average molecular weight is 301 g/mol. The molecule has 0 aliphatic heterocycles. The Kier molecular flexibility index (Phi) is 3.53. The maximum atomic E-state index is 6.38. The maximum absolute atomic E-state index is 6.38. The van der Waals surface area contributed by atoms with Gasteiger partial charge in [0, 0.05) is 12.4 Å². The van der Waals surface area contributed by atoms with Crippen LogP contribution in [0.3, 0.4) is 0 Å². The van der Waals surface area contributed by atoms with Crippen LogP contribution in [0.1, 0.15) is 38.4 Å². The molecule has 1 aromatic heterocycles. The smallest absolute Gasteiger partial charge is 0.137 e. The Morgan fingerprint density at radius 3 is 2.43 bits per heavy atom. The van der Waals surface area contributed by atoms with Crippen LogP contribution in [0.5, 0.6) is 0 Å². The molecule has 2 aromatic rings. The quantitative estimate of drug-likeness (QED) is 0.634. The number of hydrogen-bond donors (Lipinski definition) is 0. The van der Waals surface area contributed by atoms with Gasteiger partial charge in [0.15, 0.2) is 0 Å². The molecule has 1 aromatic carbocycles. The Hall–Kier alpha value is -1.41. The van der Waals surface area contributed by atoms with Gasteiger partial charge in [-0.25, -0.2) is 4.98 Å². The van der Waals surface area contributed by atoms with Gasteiger partial charge in [0.05, 0.1) is 11.4 Å². The molecule has 0 fully saturated rings. The number of rotatable bonds is 0. The van der Waals surface area contributed by atoms with Crippen molar-refractivity contribution in [2.45, 2.75) is 33.6 Å². The zero-order chi connectivity index (χ0) is 15.2. The second-order valence-corrected chi connectivity index (χ2v) is 7.27. The Labute approximate surface area is 131 Å². The molecule has 1 aliphatic carbocycles. The summed E-state index contributed by atoms with van der Waals surface area (Å²) in [6.45, 7) is 6.92. The second kappa shape index (κ2) is 5.10. The van der Waals surface area contributed by atoms with Gasteiger partial charge in [-0.05, 0) is 35.1 Å². The summed E-state index contributed by atoms with van der Waals surface area (Å²) in [7, 11) is 1.86. The molecule has 3 heteroatoms. The van der Waals surface area contributed by atoms with E-state index < -0.39 is 0 Å². The largest absolute Gasteiger partial charge is 0.291 e. The second-order valence-electron chi connectivity index (χ2n) is 6.92. The lowest BCUT2D eigenvalue weighted by Gasteiger charge is -2.35. The van der Waals surface area contributed by atoms with Crippen molar-refractivity contribution >= 4 is 28.1 Å². The highest BCUT2D eigenvalue weighted by Crippen LogP contribution is 2.40. The summed E-state index contributed by atoms with van der Waals surface area (Å²) >= 11 is 6.38. The summed E-state index contributed by atoms with van der Waals surface area (Å²) in [6, 6.07) is 8.29. The third-order valence-corrected chi connectivity index (χ3v) is 4.92. The van der Waals surface area contributed by atoms with Gasteiger partial charge in [-0.3, -0.25) is 4.99 Å². The number of pyridine rings is 1. The minimum absolute atomic E-state index is 0.258. The number of aromatic nitrogens is 1. The third kappa shape index (κ3) is 2.46. The molecule has 0 radical (unpaired) electrons. The summed E-state index contributed by atoms with van der Waals surface area (Å²) in [5.74, 6) is 0.579. The van der Waals surface area contributed by atoms with Crippen LogP contribution in [0.4, 0.5) is 0 Å². The molecular weight excluding hydrogens is 280 g/mol. The first-order chi connectivity index (χ1) is 9.91. The number of halogens is 1. The Bertz CT molecular complexity index is 726. The lowest BCUT2D eigenvalue weighted by molar-refractivity contribution is 0.243. The molecule has 1 unspecified atom stereocenters. The van der Waals surface area contributed by atoms with Crippen molar-refractivity contribution in [2.24, 2.45) is 16.3 Å². The van der Waals surface area contributed by atoms with Crippen molar-refractivity contribution < 1.29 is 0 Å². The average Bonchev–Trinajstić information content (AvgIpc) is 2.46. The highest BCUT2D eigenvalue weighted by Gasteiger charge is 2.33. The van der Waals surface area contributed by atoms with Gasteiger partial charge in [0.1, 0.15) is 5.15 Å². The highest BCUT2D eigenvalue weighted by atomic mass is 35.5. The molecule has 21 heavy (non-hydrogen) atoms. The predicted octanol–water partition coefficient (Wildman–Crippen LogP) is 4.92. The molecule has 1 atom stereocenters. The molecule has 3 rings (SSSR count). The summed E-state index contributed by atoms with van der Waals surface area (Å²) in [5.41, 5.74) is 3.65. The van der Waals surface area contributed by atoms with Crippen molar-refractivity contribution in [1.82, 2.24) is 4.98 Å². The van der Waals surface area contributed by atoms with Crippen molar-refractivity contribution in [3.8, 4) is 0 Å². The van der Waals surface area contributed by atoms with E-state index >= 15 is 0 Å². The Balaban J connectivity index is 2.27. The van der Waals surface area contributed by atoms with Crippen molar-refractivity contribution in [3.05, 3.63) is 40.7 Å². The first kappa shape index (κ1) is 14.5. The fraction of sp³-hybridized carbons (Fsp3) is 0.444. The van der Waals surface area contributed by atoms with Crippen LogP contribution >= 0.6 is 11.6 Å². The van der Waals surface area contributed by atoms with E-state index in [-0.39, 0.29) is 5.41 Å². The zero-order valence-electron chi connectivity index (χ0n) is 13.1. The van der Waals surface area contributed by atoms with E-state index in [1.54, 1.807) is 0 Å². The van der Waals surface area contributed by atoms with E-state index in [9.17, 15) is 0 Å². The molecule has 0 spiro atoms. The van der Waals surface area contributed by atoms with E-state index in [0.29, 0.717) is 11.1 Å². The summed E-state index contributed by atoms with van der Waals surface area (Å²) in [5, 5.41) is 2.85. The minimum atomic E-state index is 0.258. The van der Waals surface area contributed by atoms with Crippen LogP contribution in [0, 0.1) is 11.3 Å². The van der Waals surface area contributed by atoms with Crippen molar-refractivity contribution in [2.75, 3.05) is 7.05 Å². The number of fused-ring (bicyclic) bond motifs is 3. The predicted molar refractivity (Wildman–Crippen MR) is 90.5 cm³/mol. The summed E-state index contributed by atoms with van der Waals surface area (Å²) < 4.78 is 0. The van der Waals surface area contributed by atoms with Gasteiger partial charge in [-0.15, -0.1) is 0 Å². The van der Waals surface area contributed by atoms with E-state index in [2.05, 4.69) is 48.9 Å². The third-order valence-electron chi connectivity index (χ3n) is 4.63. The van der Waals surface area contributed by atoms with Gasteiger partial charge < -0.3 is 0 Å². The number of hydrogen-bond acceptors (Lipinski definition) is 2. The molecule has 1 heterocycles. The van der Waals surface area contributed by atoms with E-state index in [4.69, 9.17) is 11.6 Å². The van der Waals surface area contributed by atoms with E-state index in [0.717, 1.165) is 29.6 Å². The van der Waals surface area contributed by atoms with Crippen LogP contribution in [0.15, 0.2) is 29.3 Å². The van der Waals surface area contributed by atoms with Gasteiger partial charge in [0.2, 0.25) is 0 Å². The molecule has 110 valence electrons. The van der Waals surface area contributed by atoms with Crippen LogP contribution < -0.4 is 0 Å². The standard InChI is InChI=1S/C18H21ClN2/c1-18(2,3)11-9-14-12-7-5-6-8-13(12)17(19)21-16(14)15(10-11)20-4/h5-8,11H,9-10H2,1-4H3. The lowest BCUT2D eigenvalue weighted by Crippen LogP contribution is -2.31. The SMILES string of the molecule is CN=C1CC(C(C)(C)C)Cc2c1nc(Cl)c1ccccc21. The molecule has 0 N–H and O–H groups in total. The monoisotopic (exact) mass is 300 g/mol. The van der Waals surface area contributed by atoms with Gasteiger partial charge in [0.25, 0.3) is 0 Å². The Morgan fingerprint density at radius 2 is 1.81 bits per heavy atom. The molecule has 2 nitrogen and oxygen atoms in total. The molecule has 0 saturated heterocycles. The van der Waals surface area contributed by atoms with E-state index in [1.807, 2.05) is 13.1 Å². The number of benzene rings is 1. The van der Waals surface area contributed by atoms with Crippen molar-refractivity contribution in [1.29, 1.82) is 0 Å². The normalized spacial score (nSPS) is 20.8. The Morgan fingerprint density at radius 1 is 1.14 bits per heavy atom. The van der Waals surface area contributed by atoms with Crippen molar-refractivity contribution in [3.63, 3.8) is 0 Å². The van der Waals surface area contributed by atoms with Crippen LogP contribution in [-0.4, -0.2) is 17.7 Å². The first-order valence-electron chi connectivity index (χ1n) is 7.45. The summed E-state index contributed by atoms with van der Waals surface area (Å²) in [4.78, 5) is 9.14. The van der Waals surface area contributed by atoms with Crippen LogP contribution in [-0.2, 0) is 6.42 Å². The lowest BCUT2D eigenvalue weighted by atomic mass is 9.70. The number of nitrogens with zero attached hydrogens (tertiary/aromatic N) is 2.